The number of nitrogens with zero attached hydrogens (tertiary/aromatic N) is 1. The van der Waals surface area contributed by atoms with Crippen molar-refractivity contribution >= 4 is 0 Å². The van der Waals surface area contributed by atoms with Crippen LogP contribution in [0.5, 0.6) is 0 Å². The smallest absolute Gasteiger partial charge is 0.0858 e. The van der Waals surface area contributed by atoms with Crippen molar-refractivity contribution in [3.63, 3.8) is 0 Å². The van der Waals surface area contributed by atoms with Crippen molar-refractivity contribution in [2.75, 3.05) is 26.7 Å². The molecule has 0 aromatic heterocycles. The van der Waals surface area contributed by atoms with Gasteiger partial charge in [0.2, 0.25) is 0 Å². The van der Waals surface area contributed by atoms with Crippen LogP contribution in [0.1, 0.15) is 51.9 Å². The summed E-state index contributed by atoms with van der Waals surface area (Å²) in [5.74, 6) is 1.81. The highest BCUT2D eigenvalue weighted by molar-refractivity contribution is 4.93. The first kappa shape index (κ1) is 14.8. The molecule has 3 nitrogen and oxygen atoms in total. The van der Waals surface area contributed by atoms with E-state index in [0.29, 0.717) is 12.1 Å². The Bertz CT molecular complexity index is 301. The first-order chi connectivity index (χ1) is 9.81. The van der Waals surface area contributed by atoms with Crippen molar-refractivity contribution in [2.45, 2.75) is 70.1 Å². The predicted molar refractivity (Wildman–Crippen MR) is 82.9 cm³/mol. The fourth-order valence-electron chi connectivity index (χ4n) is 4.74. The van der Waals surface area contributed by atoms with Gasteiger partial charge in [-0.1, -0.05) is 26.2 Å². The topological polar surface area (TPSA) is 24.5 Å². The van der Waals surface area contributed by atoms with Gasteiger partial charge in [-0.2, -0.15) is 0 Å². The van der Waals surface area contributed by atoms with Crippen LogP contribution in [-0.2, 0) is 4.74 Å². The summed E-state index contributed by atoms with van der Waals surface area (Å²) in [4.78, 5) is 2.68. The van der Waals surface area contributed by atoms with Crippen LogP contribution in [0, 0.1) is 11.8 Å². The molecule has 2 saturated heterocycles. The molecule has 2 aliphatic heterocycles. The summed E-state index contributed by atoms with van der Waals surface area (Å²) < 4.78 is 6.25. The van der Waals surface area contributed by atoms with Gasteiger partial charge < -0.3 is 10.1 Å². The van der Waals surface area contributed by atoms with Crippen molar-refractivity contribution in [3.8, 4) is 0 Å². The second-order valence-corrected chi connectivity index (χ2v) is 7.17. The van der Waals surface area contributed by atoms with Crippen LogP contribution in [0.3, 0.4) is 0 Å². The van der Waals surface area contributed by atoms with E-state index in [2.05, 4.69) is 24.2 Å². The van der Waals surface area contributed by atoms with Crippen LogP contribution < -0.4 is 5.32 Å². The molecule has 3 aliphatic rings. The van der Waals surface area contributed by atoms with Crippen LogP contribution >= 0.6 is 0 Å². The lowest BCUT2D eigenvalue weighted by molar-refractivity contribution is -0.0755. The fraction of sp³-hybridized carbons (Fsp3) is 1.00. The Morgan fingerprint density at radius 1 is 1.20 bits per heavy atom. The van der Waals surface area contributed by atoms with Gasteiger partial charge in [0.25, 0.3) is 0 Å². The molecular weight excluding hydrogens is 248 g/mol. The zero-order valence-corrected chi connectivity index (χ0v) is 13.3. The van der Waals surface area contributed by atoms with Crippen LogP contribution in [0.2, 0.25) is 0 Å². The molecule has 3 fully saturated rings. The first-order valence-corrected chi connectivity index (χ1v) is 8.84. The summed E-state index contributed by atoms with van der Waals surface area (Å²) in [7, 11) is 2.13. The molecule has 0 spiro atoms. The van der Waals surface area contributed by atoms with Gasteiger partial charge in [0.05, 0.1) is 12.7 Å². The van der Waals surface area contributed by atoms with Gasteiger partial charge >= 0.3 is 0 Å². The van der Waals surface area contributed by atoms with Crippen molar-refractivity contribution in [3.05, 3.63) is 0 Å². The number of ether oxygens (including phenoxy) is 1. The highest BCUT2D eigenvalue weighted by atomic mass is 16.5. The molecular formula is C17H32N2O. The largest absolute Gasteiger partial charge is 0.374 e. The van der Waals surface area contributed by atoms with E-state index in [9.17, 15) is 0 Å². The average Bonchev–Trinajstić information content (AvgIpc) is 2.96. The van der Waals surface area contributed by atoms with E-state index in [0.717, 1.165) is 31.0 Å². The number of rotatable bonds is 4. The number of fused-ring (bicyclic) bond motifs is 1. The highest BCUT2D eigenvalue weighted by Gasteiger charge is 2.38. The summed E-state index contributed by atoms with van der Waals surface area (Å²) in [6.07, 6.45) is 10.1. The molecule has 0 amide bonds. The molecule has 1 aliphatic carbocycles. The molecule has 3 unspecified atom stereocenters. The molecule has 0 bridgehead atoms. The third-order valence-corrected chi connectivity index (χ3v) is 6.13. The Balaban J connectivity index is 1.56. The number of morpholine rings is 1. The van der Waals surface area contributed by atoms with Crippen LogP contribution in [-0.4, -0.2) is 49.8 Å². The summed E-state index contributed by atoms with van der Waals surface area (Å²) in [5.41, 5.74) is 0. The van der Waals surface area contributed by atoms with Crippen molar-refractivity contribution in [1.82, 2.24) is 10.2 Å². The lowest BCUT2D eigenvalue weighted by Gasteiger charge is -2.43. The summed E-state index contributed by atoms with van der Waals surface area (Å²) in [6.45, 7) is 5.76. The van der Waals surface area contributed by atoms with Crippen molar-refractivity contribution in [2.24, 2.45) is 11.8 Å². The van der Waals surface area contributed by atoms with Crippen LogP contribution in [0.4, 0.5) is 0 Å². The molecule has 2 heterocycles. The van der Waals surface area contributed by atoms with Crippen molar-refractivity contribution in [1.29, 1.82) is 0 Å². The molecule has 3 atom stereocenters. The molecule has 1 N–H and O–H groups in total. The second kappa shape index (κ2) is 6.76. The lowest BCUT2D eigenvalue weighted by atomic mass is 9.76. The molecule has 0 radical (unpaired) electrons. The quantitative estimate of drug-likeness (QED) is 0.857. The Morgan fingerprint density at radius 2 is 2.00 bits per heavy atom. The zero-order chi connectivity index (χ0) is 13.9. The van der Waals surface area contributed by atoms with E-state index in [1.807, 2.05) is 0 Å². The Kier molecular flexibility index (Phi) is 5.00. The van der Waals surface area contributed by atoms with E-state index in [1.54, 1.807) is 0 Å². The molecule has 0 aromatic carbocycles. The maximum Gasteiger partial charge on any atom is 0.0858 e. The minimum absolute atomic E-state index is 0.414. The van der Waals surface area contributed by atoms with E-state index in [-0.39, 0.29) is 0 Å². The maximum absolute atomic E-state index is 6.25. The highest BCUT2D eigenvalue weighted by Crippen LogP contribution is 2.35. The first-order valence-electron chi connectivity index (χ1n) is 8.84. The van der Waals surface area contributed by atoms with Gasteiger partial charge in [0.15, 0.2) is 0 Å². The van der Waals surface area contributed by atoms with Gasteiger partial charge in [-0.3, -0.25) is 4.90 Å². The third kappa shape index (κ3) is 3.05. The monoisotopic (exact) mass is 280 g/mol. The molecule has 0 aromatic rings. The lowest BCUT2D eigenvalue weighted by Crippen LogP contribution is -2.56. The Hall–Kier alpha value is -0.120. The van der Waals surface area contributed by atoms with E-state index in [1.165, 1.54) is 51.5 Å². The molecule has 1 saturated carbocycles. The van der Waals surface area contributed by atoms with Crippen LogP contribution in [0.25, 0.3) is 0 Å². The Labute approximate surface area is 124 Å². The second-order valence-electron chi connectivity index (χ2n) is 7.17. The summed E-state index contributed by atoms with van der Waals surface area (Å²) in [6, 6.07) is 1.29. The minimum Gasteiger partial charge on any atom is -0.374 e. The van der Waals surface area contributed by atoms with Gasteiger partial charge in [0, 0.05) is 18.6 Å². The standard InChI is InChI=1S/C17H32N2O/c1-3-13-6-8-14(9-7-13)17(18-2)16-11-19-10-4-5-15(19)12-20-16/h13-18H,3-12H2,1-2H3. The summed E-state index contributed by atoms with van der Waals surface area (Å²) >= 11 is 0. The molecule has 20 heavy (non-hydrogen) atoms. The predicted octanol–water partition coefficient (Wildman–Crippen LogP) is 2.65. The van der Waals surface area contributed by atoms with Crippen molar-refractivity contribution < 1.29 is 4.74 Å². The van der Waals surface area contributed by atoms with Gasteiger partial charge in [-0.05, 0) is 51.1 Å². The van der Waals surface area contributed by atoms with E-state index >= 15 is 0 Å². The normalized spacial score (nSPS) is 40.5. The number of nitrogens with one attached hydrogen (secondary N) is 1. The minimum atomic E-state index is 0.414. The number of likely N-dealkylation sites (N-methyl/N-ethyl adjacent to an activating group) is 1. The van der Waals surface area contributed by atoms with E-state index in [4.69, 9.17) is 4.74 Å². The van der Waals surface area contributed by atoms with E-state index < -0.39 is 0 Å². The molecule has 3 rings (SSSR count). The SMILES string of the molecule is CCC1CCC(C(NC)C2CN3CCCC3CO2)CC1. The average molecular weight is 280 g/mol. The molecule has 3 heteroatoms. The van der Waals surface area contributed by atoms with Gasteiger partial charge in [-0.15, -0.1) is 0 Å². The molecule has 116 valence electrons. The maximum atomic E-state index is 6.25. The summed E-state index contributed by atoms with van der Waals surface area (Å²) in [5, 5.41) is 3.60. The zero-order valence-electron chi connectivity index (χ0n) is 13.3. The van der Waals surface area contributed by atoms with Gasteiger partial charge in [-0.25, -0.2) is 0 Å². The van der Waals surface area contributed by atoms with Gasteiger partial charge in [0.1, 0.15) is 0 Å². The number of hydrogen-bond acceptors (Lipinski definition) is 3. The Morgan fingerprint density at radius 3 is 2.70 bits per heavy atom. The number of hydrogen-bond donors (Lipinski definition) is 1. The fourth-order valence-corrected chi connectivity index (χ4v) is 4.74. The third-order valence-electron chi connectivity index (χ3n) is 6.13. The van der Waals surface area contributed by atoms with Crippen LogP contribution in [0.15, 0.2) is 0 Å².